The summed E-state index contributed by atoms with van der Waals surface area (Å²) in [6, 6.07) is 0. The van der Waals surface area contributed by atoms with Crippen molar-refractivity contribution in [1.29, 1.82) is 0 Å². The molecule has 1 aliphatic rings. The van der Waals surface area contributed by atoms with Crippen molar-refractivity contribution >= 4 is 11.8 Å². The van der Waals surface area contributed by atoms with E-state index < -0.39 is 11.8 Å². The van der Waals surface area contributed by atoms with Gasteiger partial charge in [0.05, 0.1) is 0 Å². The molecule has 0 saturated heterocycles. The van der Waals surface area contributed by atoms with E-state index in [1.807, 2.05) is 0 Å². The summed E-state index contributed by atoms with van der Waals surface area (Å²) in [6.07, 6.45) is 1.77. The van der Waals surface area contributed by atoms with Gasteiger partial charge in [-0.05, 0) is 24.3 Å². The third-order valence-electron chi connectivity index (χ3n) is 1.55. The van der Waals surface area contributed by atoms with Crippen LogP contribution in [-0.4, -0.2) is 11.8 Å². The van der Waals surface area contributed by atoms with Crippen molar-refractivity contribution in [2.75, 3.05) is 0 Å². The summed E-state index contributed by atoms with van der Waals surface area (Å²) in [7, 11) is 0. The Morgan fingerprint density at radius 2 is 1.90 bits per heavy atom. The zero-order chi connectivity index (χ0) is 7.72. The lowest BCUT2D eigenvalue weighted by Crippen LogP contribution is -2.32. The van der Waals surface area contributed by atoms with Gasteiger partial charge in [0.1, 0.15) is 5.97 Å². The first-order valence-electron chi connectivity index (χ1n) is 3.07. The van der Waals surface area contributed by atoms with E-state index in [4.69, 9.17) is 0 Å². The summed E-state index contributed by atoms with van der Waals surface area (Å²) in [5.74, 6) is -2.47. The van der Waals surface area contributed by atoms with Crippen molar-refractivity contribution in [2.24, 2.45) is 5.92 Å². The van der Waals surface area contributed by atoms with E-state index in [2.05, 4.69) is 6.58 Å². The maximum atomic E-state index is 10.6. The van der Waals surface area contributed by atoms with Crippen LogP contribution in [0.25, 0.3) is 0 Å². The molecule has 0 spiro atoms. The molecule has 3 heteroatoms. The second-order valence-corrected chi connectivity index (χ2v) is 2.42. The SMILES string of the molecule is C=C(C(=O)C(=O)[O-])C1CC1. The minimum Gasteiger partial charge on any atom is -0.541 e. The van der Waals surface area contributed by atoms with Gasteiger partial charge in [-0.1, -0.05) is 6.58 Å². The highest BCUT2D eigenvalue weighted by Gasteiger charge is 2.28. The van der Waals surface area contributed by atoms with Crippen molar-refractivity contribution in [3.05, 3.63) is 12.2 Å². The minimum atomic E-state index is -1.64. The van der Waals surface area contributed by atoms with Crippen molar-refractivity contribution in [2.45, 2.75) is 12.8 Å². The number of carboxylic acid groups (broad SMARTS) is 1. The molecule has 0 radical (unpaired) electrons. The van der Waals surface area contributed by atoms with Crippen LogP contribution in [0.4, 0.5) is 0 Å². The molecule has 0 aromatic rings. The number of carbonyl (C=O) groups excluding carboxylic acids is 2. The van der Waals surface area contributed by atoms with Gasteiger partial charge in [0.15, 0.2) is 0 Å². The molecule has 0 aromatic carbocycles. The molecule has 10 heavy (non-hydrogen) atoms. The number of hydrogen-bond donors (Lipinski definition) is 0. The number of carboxylic acids is 1. The third kappa shape index (κ3) is 1.23. The number of hydrogen-bond acceptors (Lipinski definition) is 3. The standard InChI is InChI=1S/C7H8O3/c1-4(5-2-3-5)6(8)7(9)10/h5H,1-3H2,(H,9,10)/p-1. The van der Waals surface area contributed by atoms with E-state index >= 15 is 0 Å². The molecular formula is C7H7O3-. The zero-order valence-corrected chi connectivity index (χ0v) is 5.42. The van der Waals surface area contributed by atoms with Crippen LogP contribution < -0.4 is 5.11 Å². The topological polar surface area (TPSA) is 57.2 Å². The van der Waals surface area contributed by atoms with Crippen molar-refractivity contribution in [3.8, 4) is 0 Å². The van der Waals surface area contributed by atoms with Crippen molar-refractivity contribution in [1.82, 2.24) is 0 Å². The summed E-state index contributed by atoms with van der Waals surface area (Å²) >= 11 is 0. The van der Waals surface area contributed by atoms with Crippen LogP contribution in [0.2, 0.25) is 0 Å². The minimum absolute atomic E-state index is 0.116. The normalized spacial score (nSPS) is 16.4. The first-order valence-corrected chi connectivity index (χ1v) is 3.07. The van der Waals surface area contributed by atoms with Gasteiger partial charge in [0, 0.05) is 0 Å². The Bertz CT molecular complexity index is 201. The quantitative estimate of drug-likeness (QED) is 0.382. The molecular weight excluding hydrogens is 132 g/mol. The molecule has 0 bridgehead atoms. The largest absolute Gasteiger partial charge is 0.541 e. The lowest BCUT2D eigenvalue weighted by molar-refractivity contribution is -0.299. The maximum absolute atomic E-state index is 10.6. The third-order valence-corrected chi connectivity index (χ3v) is 1.55. The maximum Gasteiger partial charge on any atom is 0.204 e. The number of rotatable bonds is 3. The van der Waals surface area contributed by atoms with E-state index in [1.54, 1.807) is 0 Å². The highest BCUT2D eigenvalue weighted by Crippen LogP contribution is 2.35. The van der Waals surface area contributed by atoms with Gasteiger partial charge >= 0.3 is 0 Å². The summed E-state index contributed by atoms with van der Waals surface area (Å²) in [4.78, 5) is 20.5. The van der Waals surface area contributed by atoms with E-state index in [1.165, 1.54) is 0 Å². The molecule has 1 rings (SSSR count). The fourth-order valence-electron chi connectivity index (χ4n) is 0.748. The van der Waals surface area contributed by atoms with Crippen LogP contribution >= 0.6 is 0 Å². The molecule has 0 unspecified atom stereocenters. The smallest absolute Gasteiger partial charge is 0.204 e. The molecule has 1 fully saturated rings. The van der Waals surface area contributed by atoms with Crippen LogP contribution in [0.15, 0.2) is 12.2 Å². The molecule has 1 saturated carbocycles. The average molecular weight is 139 g/mol. The number of Topliss-reactive ketones (excluding diaryl/α,β-unsaturated/α-hetero) is 1. The predicted molar refractivity (Wildman–Crippen MR) is 31.9 cm³/mol. The van der Waals surface area contributed by atoms with Crippen molar-refractivity contribution in [3.63, 3.8) is 0 Å². The molecule has 0 N–H and O–H groups in total. The molecule has 3 nitrogen and oxygen atoms in total. The Labute approximate surface area is 58.4 Å². The molecule has 0 heterocycles. The van der Waals surface area contributed by atoms with Gasteiger partial charge in [0.25, 0.3) is 0 Å². The Balaban J connectivity index is 2.55. The summed E-state index contributed by atoms with van der Waals surface area (Å²) in [5, 5.41) is 9.95. The Kier molecular flexibility index (Phi) is 1.57. The molecule has 0 aromatic heterocycles. The van der Waals surface area contributed by atoms with Gasteiger partial charge in [-0.3, -0.25) is 4.79 Å². The Hall–Kier alpha value is -1.12. The van der Waals surface area contributed by atoms with Gasteiger partial charge in [0.2, 0.25) is 5.78 Å². The van der Waals surface area contributed by atoms with Gasteiger partial charge in [-0.25, -0.2) is 0 Å². The monoisotopic (exact) mass is 139 g/mol. The van der Waals surface area contributed by atoms with Gasteiger partial charge < -0.3 is 9.90 Å². The fraction of sp³-hybridized carbons (Fsp3) is 0.429. The van der Waals surface area contributed by atoms with Gasteiger partial charge in [-0.15, -0.1) is 0 Å². The van der Waals surface area contributed by atoms with Crippen LogP contribution in [0.3, 0.4) is 0 Å². The molecule has 0 aliphatic heterocycles. The first-order chi connectivity index (χ1) is 4.63. The second kappa shape index (κ2) is 2.25. The van der Waals surface area contributed by atoms with Crippen LogP contribution in [0, 0.1) is 5.92 Å². The van der Waals surface area contributed by atoms with Crippen molar-refractivity contribution < 1.29 is 14.7 Å². The summed E-state index contributed by atoms with van der Waals surface area (Å²) in [5.41, 5.74) is 0.194. The number of aliphatic carboxylic acids is 1. The Morgan fingerprint density at radius 1 is 1.40 bits per heavy atom. The predicted octanol–water partition coefficient (Wildman–Crippen LogP) is -0.728. The average Bonchev–Trinajstić information content (AvgIpc) is 2.65. The molecule has 0 atom stereocenters. The highest BCUT2D eigenvalue weighted by atomic mass is 16.4. The molecule has 1 aliphatic carbocycles. The van der Waals surface area contributed by atoms with Crippen LogP contribution in [-0.2, 0) is 9.59 Å². The van der Waals surface area contributed by atoms with E-state index in [-0.39, 0.29) is 11.5 Å². The van der Waals surface area contributed by atoms with Crippen LogP contribution in [0.1, 0.15) is 12.8 Å². The van der Waals surface area contributed by atoms with E-state index in [0.29, 0.717) is 0 Å². The number of carbonyl (C=O) groups is 2. The fourth-order valence-corrected chi connectivity index (χ4v) is 0.748. The highest BCUT2D eigenvalue weighted by molar-refractivity contribution is 6.38. The van der Waals surface area contributed by atoms with E-state index in [9.17, 15) is 14.7 Å². The second-order valence-electron chi connectivity index (χ2n) is 2.42. The van der Waals surface area contributed by atoms with Gasteiger partial charge in [-0.2, -0.15) is 0 Å². The zero-order valence-electron chi connectivity index (χ0n) is 5.42. The molecule has 0 amide bonds. The number of ketones is 1. The lowest BCUT2D eigenvalue weighted by Gasteiger charge is -2.01. The summed E-state index contributed by atoms with van der Waals surface area (Å²) < 4.78 is 0. The van der Waals surface area contributed by atoms with Crippen LogP contribution in [0.5, 0.6) is 0 Å². The lowest BCUT2D eigenvalue weighted by atomic mass is 10.1. The van der Waals surface area contributed by atoms with E-state index in [0.717, 1.165) is 12.8 Å². The Morgan fingerprint density at radius 3 is 2.20 bits per heavy atom. The first kappa shape index (κ1) is 6.99. The molecule has 54 valence electrons. The summed E-state index contributed by atoms with van der Waals surface area (Å²) in [6.45, 7) is 3.37.